The molecule has 1 atom stereocenters. The minimum Gasteiger partial charge on any atom is -0.469 e. The van der Waals surface area contributed by atoms with Crippen LogP contribution >= 0.6 is 0 Å². The van der Waals surface area contributed by atoms with E-state index in [1.807, 2.05) is 0 Å². The molecule has 0 saturated heterocycles. The number of aliphatic hydroxyl groups excluding tert-OH is 1. The fraction of sp³-hybridized carbons (Fsp3) is 0.375. The third-order valence-electron chi connectivity index (χ3n) is 1.46. The monoisotopic (exact) mass is 170 g/mol. The van der Waals surface area contributed by atoms with E-state index in [4.69, 9.17) is 4.42 Å². The van der Waals surface area contributed by atoms with Crippen LogP contribution in [0.1, 0.15) is 18.3 Å². The summed E-state index contributed by atoms with van der Waals surface area (Å²) >= 11 is 0. The van der Waals surface area contributed by atoms with Gasteiger partial charge < -0.3 is 14.3 Å². The number of aliphatic hydroxyl groups is 1. The molecule has 1 aromatic heterocycles. The average Bonchev–Trinajstić information content (AvgIpc) is 2.56. The SMILES string of the molecule is COC(=O)CC(O)c1ccco1. The summed E-state index contributed by atoms with van der Waals surface area (Å²) in [6.45, 7) is 0. The summed E-state index contributed by atoms with van der Waals surface area (Å²) < 4.78 is 9.26. The molecule has 1 N–H and O–H groups in total. The van der Waals surface area contributed by atoms with Gasteiger partial charge in [0, 0.05) is 0 Å². The predicted octanol–water partition coefficient (Wildman–Crippen LogP) is 0.876. The highest BCUT2D eigenvalue weighted by Crippen LogP contribution is 2.16. The van der Waals surface area contributed by atoms with Gasteiger partial charge in [0.05, 0.1) is 19.8 Å². The van der Waals surface area contributed by atoms with Gasteiger partial charge >= 0.3 is 5.97 Å². The standard InChI is InChI=1S/C8H10O4/c1-11-8(10)5-6(9)7-3-2-4-12-7/h2-4,6,9H,5H2,1H3. The van der Waals surface area contributed by atoms with Gasteiger partial charge in [0.25, 0.3) is 0 Å². The Balaban J connectivity index is 2.49. The molecule has 0 radical (unpaired) electrons. The molecule has 12 heavy (non-hydrogen) atoms. The fourth-order valence-electron chi connectivity index (χ4n) is 0.823. The number of rotatable bonds is 3. The topological polar surface area (TPSA) is 59.7 Å². The first-order chi connectivity index (χ1) is 5.74. The number of methoxy groups -OCH3 is 1. The van der Waals surface area contributed by atoms with Gasteiger partial charge in [-0.2, -0.15) is 0 Å². The Morgan fingerprint density at radius 3 is 3.08 bits per heavy atom. The highest BCUT2D eigenvalue weighted by Gasteiger charge is 2.14. The zero-order valence-electron chi connectivity index (χ0n) is 6.69. The maximum Gasteiger partial charge on any atom is 0.308 e. The molecule has 1 unspecified atom stereocenters. The summed E-state index contributed by atoms with van der Waals surface area (Å²) in [6.07, 6.45) is 0.451. The van der Waals surface area contributed by atoms with Crippen LogP contribution in [0.15, 0.2) is 22.8 Å². The van der Waals surface area contributed by atoms with Crippen molar-refractivity contribution in [2.24, 2.45) is 0 Å². The van der Waals surface area contributed by atoms with E-state index in [0.29, 0.717) is 5.76 Å². The maximum absolute atomic E-state index is 10.7. The molecule has 0 amide bonds. The van der Waals surface area contributed by atoms with Gasteiger partial charge in [-0.15, -0.1) is 0 Å². The van der Waals surface area contributed by atoms with Gasteiger partial charge in [0.1, 0.15) is 11.9 Å². The van der Waals surface area contributed by atoms with Crippen molar-refractivity contribution in [2.45, 2.75) is 12.5 Å². The van der Waals surface area contributed by atoms with E-state index < -0.39 is 12.1 Å². The van der Waals surface area contributed by atoms with Crippen LogP contribution in [0.3, 0.4) is 0 Å². The van der Waals surface area contributed by atoms with Gasteiger partial charge in [-0.3, -0.25) is 4.79 Å². The van der Waals surface area contributed by atoms with Crippen LogP contribution in [0.2, 0.25) is 0 Å². The Morgan fingerprint density at radius 1 is 1.83 bits per heavy atom. The minimum atomic E-state index is -0.910. The molecule has 0 aromatic carbocycles. The Kier molecular flexibility index (Phi) is 2.88. The van der Waals surface area contributed by atoms with E-state index in [-0.39, 0.29) is 6.42 Å². The van der Waals surface area contributed by atoms with E-state index in [1.165, 1.54) is 13.4 Å². The van der Waals surface area contributed by atoms with E-state index in [1.54, 1.807) is 12.1 Å². The van der Waals surface area contributed by atoms with Crippen molar-refractivity contribution in [2.75, 3.05) is 7.11 Å². The summed E-state index contributed by atoms with van der Waals surface area (Å²) in [6, 6.07) is 3.25. The molecule has 4 nitrogen and oxygen atoms in total. The molecule has 0 saturated carbocycles. The fourth-order valence-corrected chi connectivity index (χ4v) is 0.823. The Labute approximate surface area is 69.8 Å². The first-order valence-electron chi connectivity index (χ1n) is 3.52. The summed E-state index contributed by atoms with van der Waals surface area (Å²) in [4.78, 5) is 10.7. The predicted molar refractivity (Wildman–Crippen MR) is 40.3 cm³/mol. The molecule has 0 aliphatic rings. The molecule has 4 heteroatoms. The summed E-state index contributed by atoms with van der Waals surface area (Å²) in [7, 11) is 1.27. The van der Waals surface area contributed by atoms with Gasteiger partial charge in [0.15, 0.2) is 0 Å². The number of carbonyl (C=O) groups excluding carboxylic acids is 1. The van der Waals surface area contributed by atoms with E-state index in [2.05, 4.69) is 4.74 Å². The zero-order valence-corrected chi connectivity index (χ0v) is 6.69. The molecule has 0 aliphatic heterocycles. The van der Waals surface area contributed by atoms with Crippen molar-refractivity contribution in [3.63, 3.8) is 0 Å². The molecule has 0 aliphatic carbocycles. The van der Waals surface area contributed by atoms with Crippen molar-refractivity contribution >= 4 is 5.97 Å². The zero-order chi connectivity index (χ0) is 8.97. The highest BCUT2D eigenvalue weighted by atomic mass is 16.5. The average molecular weight is 170 g/mol. The largest absolute Gasteiger partial charge is 0.469 e. The van der Waals surface area contributed by atoms with Crippen LogP contribution in [-0.2, 0) is 9.53 Å². The Bertz CT molecular complexity index is 240. The third kappa shape index (κ3) is 2.10. The summed E-state index contributed by atoms with van der Waals surface area (Å²) in [5, 5.41) is 9.32. The molecule has 0 fully saturated rings. The maximum atomic E-state index is 10.7. The number of esters is 1. The Hall–Kier alpha value is -1.29. The second-order valence-electron chi connectivity index (χ2n) is 2.31. The van der Waals surface area contributed by atoms with Crippen molar-refractivity contribution in [1.29, 1.82) is 0 Å². The molecule has 1 aromatic rings. The van der Waals surface area contributed by atoms with Gasteiger partial charge in [-0.1, -0.05) is 0 Å². The molecular weight excluding hydrogens is 160 g/mol. The van der Waals surface area contributed by atoms with E-state index in [9.17, 15) is 9.90 Å². The second-order valence-corrected chi connectivity index (χ2v) is 2.31. The lowest BCUT2D eigenvalue weighted by Crippen LogP contribution is -2.07. The lowest BCUT2D eigenvalue weighted by atomic mass is 10.2. The van der Waals surface area contributed by atoms with Crippen molar-refractivity contribution in [1.82, 2.24) is 0 Å². The van der Waals surface area contributed by atoms with Crippen LogP contribution in [0.4, 0.5) is 0 Å². The summed E-state index contributed by atoms with van der Waals surface area (Å²) in [5.41, 5.74) is 0. The van der Waals surface area contributed by atoms with E-state index >= 15 is 0 Å². The number of carbonyl (C=O) groups is 1. The highest BCUT2D eigenvalue weighted by molar-refractivity contribution is 5.69. The molecular formula is C8H10O4. The van der Waals surface area contributed by atoms with Crippen molar-refractivity contribution < 1.29 is 19.1 Å². The number of furan rings is 1. The third-order valence-corrected chi connectivity index (χ3v) is 1.46. The first-order valence-corrected chi connectivity index (χ1v) is 3.52. The first kappa shape index (κ1) is 8.80. The molecule has 0 spiro atoms. The van der Waals surface area contributed by atoms with Crippen LogP contribution in [0, 0.1) is 0 Å². The molecule has 1 rings (SSSR count). The minimum absolute atomic E-state index is 0.0794. The van der Waals surface area contributed by atoms with Crippen LogP contribution in [0.5, 0.6) is 0 Å². The van der Waals surface area contributed by atoms with Gasteiger partial charge in [-0.25, -0.2) is 0 Å². The van der Waals surface area contributed by atoms with Gasteiger partial charge in [-0.05, 0) is 12.1 Å². The smallest absolute Gasteiger partial charge is 0.308 e. The Morgan fingerprint density at radius 2 is 2.58 bits per heavy atom. The number of ether oxygens (including phenoxy) is 1. The molecule has 1 heterocycles. The van der Waals surface area contributed by atoms with Gasteiger partial charge in [0.2, 0.25) is 0 Å². The van der Waals surface area contributed by atoms with E-state index in [0.717, 1.165) is 0 Å². The summed E-state index contributed by atoms with van der Waals surface area (Å²) in [5.74, 6) is -0.0840. The van der Waals surface area contributed by atoms with Crippen LogP contribution in [0.25, 0.3) is 0 Å². The molecule has 0 bridgehead atoms. The second kappa shape index (κ2) is 3.92. The quantitative estimate of drug-likeness (QED) is 0.684. The normalized spacial score (nSPS) is 12.5. The lowest BCUT2D eigenvalue weighted by Gasteiger charge is -2.04. The van der Waals surface area contributed by atoms with Crippen molar-refractivity contribution in [3.05, 3.63) is 24.2 Å². The van der Waals surface area contributed by atoms with Crippen LogP contribution < -0.4 is 0 Å². The van der Waals surface area contributed by atoms with Crippen LogP contribution in [-0.4, -0.2) is 18.2 Å². The molecule has 66 valence electrons. The number of hydrogen-bond donors (Lipinski definition) is 1. The lowest BCUT2D eigenvalue weighted by molar-refractivity contribution is -0.143. The van der Waals surface area contributed by atoms with Crippen molar-refractivity contribution in [3.8, 4) is 0 Å². The number of hydrogen-bond acceptors (Lipinski definition) is 4.